The molecule has 0 aromatic heterocycles. The molecule has 0 aliphatic rings. The van der Waals surface area contributed by atoms with E-state index in [-0.39, 0.29) is 18.2 Å². The van der Waals surface area contributed by atoms with Crippen LogP contribution in [0.5, 0.6) is 0 Å². The number of nitro benzene ring substituents is 1. The van der Waals surface area contributed by atoms with Crippen molar-refractivity contribution in [2.24, 2.45) is 5.92 Å². The Morgan fingerprint density at radius 1 is 1.59 bits per heavy atom. The average Bonchev–Trinajstić information content (AvgIpc) is 2.26. The topological polar surface area (TPSA) is 63.4 Å². The van der Waals surface area contributed by atoms with E-state index in [9.17, 15) is 15.2 Å². The van der Waals surface area contributed by atoms with Crippen molar-refractivity contribution in [2.45, 2.75) is 13.8 Å². The Balaban J connectivity index is 3.26. The molecule has 0 fully saturated rings. The molecule has 0 radical (unpaired) electrons. The summed E-state index contributed by atoms with van der Waals surface area (Å²) in [4.78, 5) is 10.5. The highest BCUT2D eigenvalue weighted by Gasteiger charge is 2.13. The number of nitro groups is 1. The Morgan fingerprint density at radius 2 is 2.24 bits per heavy atom. The van der Waals surface area contributed by atoms with Crippen molar-refractivity contribution >= 4 is 27.7 Å². The molecule has 0 heterocycles. The molecule has 0 bridgehead atoms. The molecular weight excluding hydrogens is 286 g/mol. The number of aliphatic hydroxyl groups is 1. The van der Waals surface area contributed by atoms with Crippen molar-refractivity contribution < 1.29 is 10.0 Å². The van der Waals surface area contributed by atoms with E-state index < -0.39 is 4.92 Å². The highest BCUT2D eigenvalue weighted by Crippen LogP contribution is 2.26. The molecule has 1 rings (SSSR count). The quantitative estimate of drug-likeness (QED) is 0.684. The van der Waals surface area contributed by atoms with Gasteiger partial charge < -0.3 is 5.11 Å². The Kier molecular flexibility index (Phi) is 4.84. The number of halogens is 1. The lowest BCUT2D eigenvalue weighted by atomic mass is 10.0. The summed E-state index contributed by atoms with van der Waals surface area (Å²) in [5.74, 6) is 0.156. The van der Waals surface area contributed by atoms with E-state index in [0.29, 0.717) is 10.0 Å². The van der Waals surface area contributed by atoms with Crippen LogP contribution < -0.4 is 0 Å². The zero-order valence-corrected chi connectivity index (χ0v) is 11.3. The highest BCUT2D eigenvalue weighted by atomic mass is 79.9. The lowest BCUT2D eigenvalue weighted by molar-refractivity contribution is -0.385. The minimum absolute atomic E-state index is 0.0333. The summed E-state index contributed by atoms with van der Waals surface area (Å²) in [5.41, 5.74) is 1.32. The van der Waals surface area contributed by atoms with Gasteiger partial charge in [-0.15, -0.1) is 0 Å². The van der Waals surface area contributed by atoms with Crippen LogP contribution in [0, 0.1) is 16.0 Å². The molecule has 1 aromatic carbocycles. The molecule has 0 spiro atoms. The van der Waals surface area contributed by atoms with Gasteiger partial charge in [-0.2, -0.15) is 0 Å². The van der Waals surface area contributed by atoms with Gasteiger partial charge in [-0.25, -0.2) is 0 Å². The van der Waals surface area contributed by atoms with Gasteiger partial charge >= 0.3 is 0 Å². The largest absolute Gasteiger partial charge is 0.392 e. The van der Waals surface area contributed by atoms with Gasteiger partial charge in [-0.1, -0.05) is 29.8 Å². The molecule has 0 atom stereocenters. The SMILES string of the molecule is CC(C)/C(=C/c1ccc(Br)cc1[N+](=O)[O-])CO. The van der Waals surface area contributed by atoms with Gasteiger partial charge in [0, 0.05) is 10.5 Å². The van der Waals surface area contributed by atoms with Gasteiger partial charge in [0.05, 0.1) is 17.1 Å². The van der Waals surface area contributed by atoms with Crippen molar-refractivity contribution in [3.8, 4) is 0 Å². The summed E-state index contributed by atoms with van der Waals surface area (Å²) in [6.45, 7) is 3.78. The summed E-state index contributed by atoms with van der Waals surface area (Å²) in [6, 6.07) is 4.87. The van der Waals surface area contributed by atoms with Gasteiger partial charge in [0.25, 0.3) is 5.69 Å². The molecule has 4 nitrogen and oxygen atoms in total. The van der Waals surface area contributed by atoms with Crippen molar-refractivity contribution in [2.75, 3.05) is 6.61 Å². The molecule has 0 aliphatic heterocycles. The van der Waals surface area contributed by atoms with Crippen LogP contribution in [0.15, 0.2) is 28.2 Å². The molecule has 1 aromatic rings. The minimum Gasteiger partial charge on any atom is -0.392 e. The second-order valence-electron chi connectivity index (χ2n) is 3.99. The fourth-order valence-corrected chi connectivity index (χ4v) is 1.74. The number of rotatable bonds is 4. The fraction of sp³-hybridized carbons (Fsp3) is 0.333. The van der Waals surface area contributed by atoms with Crippen LogP contribution in [0.25, 0.3) is 6.08 Å². The average molecular weight is 300 g/mol. The zero-order chi connectivity index (χ0) is 13.0. The molecule has 0 aliphatic carbocycles. The molecule has 0 saturated heterocycles. The standard InChI is InChI=1S/C12H14BrNO3/c1-8(2)10(7-15)5-9-3-4-11(13)6-12(9)14(16)17/h3-6,8,15H,7H2,1-2H3/b10-5+. The highest BCUT2D eigenvalue weighted by molar-refractivity contribution is 9.10. The van der Waals surface area contributed by atoms with Crippen molar-refractivity contribution in [1.29, 1.82) is 0 Å². The lowest BCUT2D eigenvalue weighted by Crippen LogP contribution is -2.00. The van der Waals surface area contributed by atoms with Gasteiger partial charge in [0.1, 0.15) is 0 Å². The number of hydrogen-bond donors (Lipinski definition) is 1. The van der Waals surface area contributed by atoms with Crippen molar-refractivity contribution in [3.63, 3.8) is 0 Å². The van der Waals surface area contributed by atoms with E-state index in [4.69, 9.17) is 0 Å². The first-order valence-corrected chi connectivity index (χ1v) is 6.00. The van der Waals surface area contributed by atoms with Crippen LogP contribution in [0.3, 0.4) is 0 Å². The molecule has 17 heavy (non-hydrogen) atoms. The van der Waals surface area contributed by atoms with E-state index in [2.05, 4.69) is 15.9 Å². The second kappa shape index (κ2) is 5.93. The van der Waals surface area contributed by atoms with Crippen LogP contribution in [0.4, 0.5) is 5.69 Å². The Morgan fingerprint density at radius 3 is 2.71 bits per heavy atom. The Hall–Kier alpha value is -1.20. The third-order valence-corrected chi connectivity index (χ3v) is 2.95. The van der Waals surface area contributed by atoms with Crippen LogP contribution in [-0.2, 0) is 0 Å². The molecule has 92 valence electrons. The minimum atomic E-state index is -0.425. The van der Waals surface area contributed by atoms with Crippen molar-refractivity contribution in [3.05, 3.63) is 43.9 Å². The second-order valence-corrected chi connectivity index (χ2v) is 4.91. The summed E-state index contributed by atoms with van der Waals surface area (Å²) in [7, 11) is 0. The maximum absolute atomic E-state index is 10.9. The number of hydrogen-bond acceptors (Lipinski definition) is 3. The predicted octanol–water partition coefficient (Wildman–Crippen LogP) is 3.39. The van der Waals surface area contributed by atoms with E-state index >= 15 is 0 Å². The third-order valence-electron chi connectivity index (χ3n) is 2.45. The molecule has 0 saturated carbocycles. The van der Waals surface area contributed by atoms with E-state index in [0.717, 1.165) is 5.57 Å². The maximum atomic E-state index is 10.9. The van der Waals surface area contributed by atoms with E-state index in [1.807, 2.05) is 13.8 Å². The van der Waals surface area contributed by atoms with Gasteiger partial charge in [0.15, 0.2) is 0 Å². The maximum Gasteiger partial charge on any atom is 0.277 e. The summed E-state index contributed by atoms with van der Waals surface area (Å²) in [6.07, 6.45) is 1.68. The monoisotopic (exact) mass is 299 g/mol. The lowest BCUT2D eigenvalue weighted by Gasteiger charge is -2.08. The van der Waals surface area contributed by atoms with Crippen LogP contribution in [0.1, 0.15) is 19.4 Å². The Labute approximate surface area is 108 Å². The van der Waals surface area contributed by atoms with Gasteiger partial charge in [-0.3, -0.25) is 10.1 Å². The number of benzene rings is 1. The zero-order valence-electron chi connectivity index (χ0n) is 9.68. The van der Waals surface area contributed by atoms with Gasteiger partial charge in [0.2, 0.25) is 0 Å². The number of nitrogens with zero attached hydrogens (tertiary/aromatic N) is 1. The molecule has 1 N–H and O–H groups in total. The van der Waals surface area contributed by atoms with Crippen LogP contribution in [-0.4, -0.2) is 16.6 Å². The summed E-state index contributed by atoms with van der Waals surface area (Å²) >= 11 is 3.20. The van der Waals surface area contributed by atoms with E-state index in [1.165, 1.54) is 6.07 Å². The summed E-state index contributed by atoms with van der Waals surface area (Å²) in [5, 5.41) is 20.1. The summed E-state index contributed by atoms with van der Waals surface area (Å²) < 4.78 is 0.663. The third kappa shape index (κ3) is 3.64. The molecular formula is C12H14BrNO3. The van der Waals surface area contributed by atoms with Crippen molar-refractivity contribution in [1.82, 2.24) is 0 Å². The van der Waals surface area contributed by atoms with Gasteiger partial charge in [-0.05, 0) is 29.7 Å². The number of aliphatic hydroxyl groups excluding tert-OH is 1. The first kappa shape index (κ1) is 13.9. The van der Waals surface area contributed by atoms with Crippen LogP contribution in [0.2, 0.25) is 0 Å². The predicted molar refractivity (Wildman–Crippen MR) is 70.7 cm³/mol. The normalized spacial score (nSPS) is 11.9. The van der Waals surface area contributed by atoms with Crippen LogP contribution >= 0.6 is 15.9 Å². The molecule has 5 heteroatoms. The molecule has 0 amide bonds. The first-order chi connectivity index (χ1) is 7.95. The molecule has 0 unspecified atom stereocenters. The fourth-order valence-electron chi connectivity index (χ4n) is 1.39. The van der Waals surface area contributed by atoms with E-state index in [1.54, 1.807) is 18.2 Å². The smallest absolute Gasteiger partial charge is 0.277 e. The Bertz CT molecular complexity index is 455. The first-order valence-electron chi connectivity index (χ1n) is 5.21.